The molecule has 0 heterocycles. The normalized spacial score (nSPS) is 13.1. The second-order valence-corrected chi connectivity index (χ2v) is 17.6. The third-order valence-electron chi connectivity index (χ3n) is 14.0. The summed E-state index contributed by atoms with van der Waals surface area (Å²) in [5, 5.41) is 15.4. The molecule has 13 rings (SSSR count). The first-order chi connectivity index (χ1) is 30.5. The summed E-state index contributed by atoms with van der Waals surface area (Å²) in [4.78, 5) is 2.47. The molecule has 0 unspecified atom stereocenters. The van der Waals surface area contributed by atoms with Crippen LogP contribution in [0.15, 0.2) is 212 Å². The monoisotopic (exact) mass is 787 g/mol. The number of rotatable bonds is 5. The molecular weight excluding hydrogens is 747 g/mol. The largest absolute Gasteiger partial charge is 0.310 e. The molecule has 1 aliphatic rings. The van der Waals surface area contributed by atoms with E-state index in [9.17, 15) is 0 Å². The van der Waals surface area contributed by atoms with Crippen molar-refractivity contribution in [2.45, 2.75) is 19.3 Å². The van der Waals surface area contributed by atoms with Crippen LogP contribution in [0.25, 0.3) is 98.0 Å². The first-order valence-electron chi connectivity index (χ1n) is 21.8. The van der Waals surface area contributed by atoms with Crippen molar-refractivity contribution in [3.8, 4) is 33.4 Å². The van der Waals surface area contributed by atoms with Crippen molar-refractivity contribution in [1.82, 2.24) is 0 Å². The highest BCUT2D eigenvalue weighted by Crippen LogP contribution is 2.51. The van der Waals surface area contributed by atoms with Gasteiger partial charge in [-0.2, -0.15) is 0 Å². The van der Waals surface area contributed by atoms with E-state index < -0.39 is 0 Å². The lowest BCUT2D eigenvalue weighted by atomic mass is 9.81. The molecule has 0 N–H and O–H groups in total. The van der Waals surface area contributed by atoms with Gasteiger partial charge in [0.05, 0.1) is 5.69 Å². The van der Waals surface area contributed by atoms with E-state index in [2.05, 4.69) is 231 Å². The molecule has 1 nitrogen and oxygen atoms in total. The minimum Gasteiger partial charge on any atom is -0.310 e. The van der Waals surface area contributed by atoms with Gasteiger partial charge >= 0.3 is 0 Å². The Hall–Kier alpha value is -7.74. The van der Waals surface area contributed by atoms with Gasteiger partial charge in [-0.25, -0.2) is 0 Å². The van der Waals surface area contributed by atoms with Gasteiger partial charge in [0.25, 0.3) is 0 Å². The SMILES string of the molecule is CC1(C)c2ccccc2-c2ccc(-c3ccc(N(c4ccc(-c5ccccc5)cc4)c4cc5cccc6c7cccc8ccc9cccc(c%10cccc4c%10c56)c9c87)cc3)cc21. The zero-order valence-corrected chi connectivity index (χ0v) is 34.7. The van der Waals surface area contributed by atoms with Gasteiger partial charge in [0, 0.05) is 27.6 Å². The molecule has 0 saturated heterocycles. The van der Waals surface area contributed by atoms with Crippen LogP contribution in [0.3, 0.4) is 0 Å². The maximum absolute atomic E-state index is 2.47. The molecular formula is C61H41N. The summed E-state index contributed by atoms with van der Waals surface area (Å²) < 4.78 is 0. The zero-order valence-electron chi connectivity index (χ0n) is 34.7. The van der Waals surface area contributed by atoms with Crippen LogP contribution >= 0.6 is 0 Å². The lowest BCUT2D eigenvalue weighted by Gasteiger charge is -2.28. The van der Waals surface area contributed by atoms with E-state index in [4.69, 9.17) is 0 Å². The Bertz CT molecular complexity index is 3740. The number of hydrogen-bond acceptors (Lipinski definition) is 1. The molecule has 1 aliphatic carbocycles. The van der Waals surface area contributed by atoms with Crippen LogP contribution < -0.4 is 4.90 Å². The number of fused-ring (bicyclic) bond motifs is 5. The standard InChI is InChI=1S/C61H41N/c1-61(2)54-23-7-6-17-47(54)48-35-30-43(36-55(48)61)40-28-33-46(34-29-40)62(45-31-26-39(27-32-45)38-12-4-3-5-13-38)56-37-44-16-10-20-50-49-18-8-14-41-24-25-42-15-9-19-51(58(42)57(41)49)52-21-11-22-53(56)60(52)59(44)50/h3-37H,1-2H3. The van der Waals surface area contributed by atoms with E-state index >= 15 is 0 Å². The van der Waals surface area contributed by atoms with Crippen molar-refractivity contribution < 1.29 is 0 Å². The molecule has 0 spiro atoms. The van der Waals surface area contributed by atoms with Crippen molar-refractivity contribution in [3.05, 3.63) is 223 Å². The van der Waals surface area contributed by atoms with E-state index in [1.807, 2.05) is 0 Å². The molecule has 0 atom stereocenters. The van der Waals surface area contributed by atoms with Gasteiger partial charge in [0.2, 0.25) is 0 Å². The van der Waals surface area contributed by atoms with Gasteiger partial charge in [-0.15, -0.1) is 0 Å². The van der Waals surface area contributed by atoms with Gasteiger partial charge in [0.15, 0.2) is 0 Å². The van der Waals surface area contributed by atoms with E-state index in [0.29, 0.717) is 0 Å². The van der Waals surface area contributed by atoms with Gasteiger partial charge in [-0.1, -0.05) is 190 Å². The quantitative estimate of drug-likeness (QED) is 0.157. The predicted molar refractivity (Wildman–Crippen MR) is 266 cm³/mol. The number of benzene rings is 11. The van der Waals surface area contributed by atoms with Crippen molar-refractivity contribution in [2.75, 3.05) is 4.90 Å². The maximum Gasteiger partial charge on any atom is 0.0546 e. The topological polar surface area (TPSA) is 3.24 Å². The van der Waals surface area contributed by atoms with Crippen molar-refractivity contribution in [2.24, 2.45) is 0 Å². The molecule has 0 aliphatic heterocycles. The molecule has 0 aromatic heterocycles. The molecule has 0 radical (unpaired) electrons. The fourth-order valence-corrected chi connectivity index (χ4v) is 11.0. The third kappa shape index (κ3) is 5.03. The maximum atomic E-state index is 2.47. The molecule has 12 aromatic rings. The molecule has 12 aromatic carbocycles. The fourth-order valence-electron chi connectivity index (χ4n) is 11.0. The Labute approximate surface area is 361 Å². The highest BCUT2D eigenvalue weighted by Gasteiger charge is 2.35. The van der Waals surface area contributed by atoms with Crippen LogP contribution in [0, 0.1) is 0 Å². The summed E-state index contributed by atoms with van der Waals surface area (Å²) in [6.07, 6.45) is 0. The van der Waals surface area contributed by atoms with Crippen molar-refractivity contribution >= 4 is 81.7 Å². The predicted octanol–water partition coefficient (Wildman–Crippen LogP) is 17.2. The first-order valence-corrected chi connectivity index (χ1v) is 21.8. The minimum absolute atomic E-state index is 0.0545. The van der Waals surface area contributed by atoms with Crippen LogP contribution in [-0.2, 0) is 5.41 Å². The first kappa shape index (κ1) is 35.1. The van der Waals surface area contributed by atoms with Gasteiger partial charge in [0.1, 0.15) is 0 Å². The number of nitrogens with zero attached hydrogens (tertiary/aromatic N) is 1. The zero-order chi connectivity index (χ0) is 41.1. The molecule has 1 heteroatoms. The molecule has 0 saturated carbocycles. The highest BCUT2D eigenvalue weighted by atomic mass is 15.1. The van der Waals surface area contributed by atoms with Crippen LogP contribution in [-0.4, -0.2) is 0 Å². The number of hydrogen-bond donors (Lipinski definition) is 0. The average Bonchev–Trinajstić information content (AvgIpc) is 3.56. The van der Waals surface area contributed by atoms with Crippen LogP contribution in [0.4, 0.5) is 17.1 Å². The summed E-state index contributed by atoms with van der Waals surface area (Å²) >= 11 is 0. The molecule has 0 fully saturated rings. The second-order valence-electron chi connectivity index (χ2n) is 17.6. The van der Waals surface area contributed by atoms with Crippen LogP contribution in [0.2, 0.25) is 0 Å². The Kier molecular flexibility index (Phi) is 7.42. The smallest absolute Gasteiger partial charge is 0.0546 e. The summed E-state index contributed by atoms with van der Waals surface area (Å²) in [5.74, 6) is 0. The lowest BCUT2D eigenvalue weighted by Crippen LogP contribution is -2.14. The summed E-state index contributed by atoms with van der Waals surface area (Å²) in [7, 11) is 0. The molecule has 290 valence electrons. The van der Waals surface area contributed by atoms with Crippen LogP contribution in [0.1, 0.15) is 25.0 Å². The van der Waals surface area contributed by atoms with Gasteiger partial charge in [-0.3, -0.25) is 0 Å². The van der Waals surface area contributed by atoms with Gasteiger partial charge < -0.3 is 4.90 Å². The minimum atomic E-state index is -0.0545. The lowest BCUT2D eigenvalue weighted by molar-refractivity contribution is 0.660. The third-order valence-corrected chi connectivity index (χ3v) is 14.0. The summed E-state index contributed by atoms with van der Waals surface area (Å²) in [5.41, 5.74) is 13.7. The Morgan fingerprint density at radius 2 is 0.774 bits per heavy atom. The summed E-state index contributed by atoms with van der Waals surface area (Å²) in [6, 6.07) is 79.4. The second kappa shape index (κ2) is 13.1. The van der Waals surface area contributed by atoms with Crippen molar-refractivity contribution in [1.29, 1.82) is 0 Å². The molecule has 62 heavy (non-hydrogen) atoms. The van der Waals surface area contributed by atoms with Gasteiger partial charge in [-0.05, 0) is 135 Å². The highest BCUT2D eigenvalue weighted by molar-refractivity contribution is 6.38. The Balaban J connectivity index is 1.05. The Morgan fingerprint density at radius 1 is 0.306 bits per heavy atom. The molecule has 0 bridgehead atoms. The van der Waals surface area contributed by atoms with Crippen molar-refractivity contribution in [3.63, 3.8) is 0 Å². The average molecular weight is 788 g/mol. The van der Waals surface area contributed by atoms with E-state index in [0.717, 1.165) is 17.1 Å². The summed E-state index contributed by atoms with van der Waals surface area (Å²) in [6.45, 7) is 4.71. The fraction of sp³-hybridized carbons (Fsp3) is 0.0492. The van der Waals surface area contributed by atoms with E-state index in [1.54, 1.807) is 0 Å². The van der Waals surface area contributed by atoms with E-state index in [1.165, 1.54) is 109 Å². The molecule has 0 amide bonds. The van der Waals surface area contributed by atoms with Crippen LogP contribution in [0.5, 0.6) is 0 Å². The Morgan fingerprint density at radius 3 is 1.42 bits per heavy atom. The number of anilines is 3. The van der Waals surface area contributed by atoms with E-state index in [-0.39, 0.29) is 5.41 Å².